The number of Topliss-reactive ketones (excluding diaryl/α,β-unsaturated/α-hetero) is 2. The van der Waals surface area contributed by atoms with Gasteiger partial charge in [-0.15, -0.1) is 0 Å². The maximum absolute atomic E-state index is 12.4. The average Bonchev–Trinajstić information content (AvgIpc) is 2.82. The summed E-state index contributed by atoms with van der Waals surface area (Å²) in [4.78, 5) is 48.2. The first-order chi connectivity index (χ1) is 9.56. The van der Waals surface area contributed by atoms with E-state index < -0.39 is 29.4 Å². The van der Waals surface area contributed by atoms with Gasteiger partial charge in [0, 0.05) is 11.1 Å². The van der Waals surface area contributed by atoms with Crippen LogP contribution in [0.2, 0.25) is 0 Å². The molecule has 2 aliphatic rings. The Bertz CT molecular complexity index is 716. The van der Waals surface area contributed by atoms with Gasteiger partial charge in [0.15, 0.2) is 11.7 Å². The molecule has 1 amide bonds. The molecule has 0 saturated heterocycles. The maximum Gasteiger partial charge on any atom is 0.323 e. The number of benzene rings is 1. The van der Waals surface area contributed by atoms with E-state index in [0.717, 1.165) is 7.11 Å². The van der Waals surface area contributed by atoms with Crippen LogP contribution in [0.1, 0.15) is 20.7 Å². The summed E-state index contributed by atoms with van der Waals surface area (Å²) in [5.41, 5.74) is 0.184. The first-order valence-corrected chi connectivity index (χ1v) is 5.87. The Kier molecular flexibility index (Phi) is 2.53. The number of rotatable bonds is 1. The summed E-state index contributed by atoms with van der Waals surface area (Å²) in [5.74, 6) is -3.90. The summed E-state index contributed by atoms with van der Waals surface area (Å²) in [6.45, 7) is 0. The molecule has 6 heteroatoms. The molecule has 0 radical (unpaired) electrons. The van der Waals surface area contributed by atoms with Crippen molar-refractivity contribution in [1.29, 1.82) is 0 Å². The Balaban J connectivity index is 2.19. The Hall–Kier alpha value is -2.76. The largest absolute Gasteiger partial charge is 0.468 e. The van der Waals surface area contributed by atoms with Crippen molar-refractivity contribution >= 4 is 23.4 Å². The first-order valence-electron chi connectivity index (χ1n) is 5.87. The van der Waals surface area contributed by atoms with Crippen LogP contribution in [0.3, 0.4) is 0 Å². The third-order valence-corrected chi connectivity index (χ3v) is 3.39. The number of ether oxygens (including phenoxy) is 1. The zero-order valence-electron chi connectivity index (χ0n) is 10.4. The number of carbonyl (C=O) groups is 4. The molecule has 1 atom stereocenters. The van der Waals surface area contributed by atoms with Crippen LogP contribution in [-0.4, -0.2) is 30.6 Å². The lowest BCUT2D eigenvalue weighted by atomic mass is 9.83. The highest BCUT2D eigenvalue weighted by atomic mass is 16.5. The number of ketones is 2. The van der Waals surface area contributed by atoms with E-state index in [1.165, 1.54) is 12.1 Å². The van der Waals surface area contributed by atoms with E-state index in [1.54, 1.807) is 12.1 Å². The molecule has 0 spiro atoms. The van der Waals surface area contributed by atoms with Crippen molar-refractivity contribution in [3.8, 4) is 0 Å². The number of methoxy groups -OCH3 is 1. The number of fused-ring (bicyclic) bond motifs is 1. The summed E-state index contributed by atoms with van der Waals surface area (Å²) in [7, 11) is 1.12. The minimum absolute atomic E-state index is 0.117. The third-order valence-electron chi connectivity index (χ3n) is 3.39. The lowest BCUT2D eigenvalue weighted by molar-refractivity contribution is -0.147. The monoisotopic (exact) mass is 271 g/mol. The summed E-state index contributed by atoms with van der Waals surface area (Å²) in [6, 6.07) is 6.25. The van der Waals surface area contributed by atoms with Crippen molar-refractivity contribution in [2.24, 2.45) is 5.92 Å². The number of carbonyl (C=O) groups excluding carboxylic acids is 4. The average molecular weight is 271 g/mol. The zero-order chi connectivity index (χ0) is 14.4. The Labute approximate surface area is 113 Å². The quantitative estimate of drug-likeness (QED) is 0.583. The smallest absolute Gasteiger partial charge is 0.323 e. The summed E-state index contributed by atoms with van der Waals surface area (Å²) >= 11 is 0. The van der Waals surface area contributed by atoms with Gasteiger partial charge >= 0.3 is 5.97 Å². The number of allylic oxidation sites excluding steroid dienone is 1. The van der Waals surface area contributed by atoms with Crippen LogP contribution in [0.5, 0.6) is 0 Å². The van der Waals surface area contributed by atoms with Crippen molar-refractivity contribution in [3.63, 3.8) is 0 Å². The van der Waals surface area contributed by atoms with Gasteiger partial charge in [0.1, 0.15) is 0 Å². The van der Waals surface area contributed by atoms with Gasteiger partial charge in [-0.2, -0.15) is 0 Å². The van der Waals surface area contributed by atoms with Crippen LogP contribution in [0.25, 0.3) is 0 Å². The Morgan fingerprint density at radius 2 is 1.70 bits per heavy atom. The molecular weight excluding hydrogens is 262 g/mol. The fourth-order valence-electron chi connectivity index (χ4n) is 2.46. The lowest BCUT2D eigenvalue weighted by Crippen LogP contribution is -2.30. The number of hydrogen-bond acceptors (Lipinski definition) is 5. The van der Waals surface area contributed by atoms with E-state index in [-0.39, 0.29) is 22.4 Å². The van der Waals surface area contributed by atoms with Crippen LogP contribution >= 0.6 is 0 Å². The highest BCUT2D eigenvalue weighted by Gasteiger charge is 2.48. The molecule has 0 saturated carbocycles. The molecular formula is C14H9NO5. The van der Waals surface area contributed by atoms with E-state index in [4.69, 9.17) is 0 Å². The number of hydrogen-bond donors (Lipinski definition) is 1. The third kappa shape index (κ3) is 1.45. The maximum atomic E-state index is 12.4. The zero-order valence-corrected chi connectivity index (χ0v) is 10.4. The molecule has 0 bridgehead atoms. The highest BCUT2D eigenvalue weighted by molar-refractivity contribution is 6.32. The molecule has 3 rings (SSSR count). The van der Waals surface area contributed by atoms with Crippen molar-refractivity contribution in [3.05, 3.63) is 46.7 Å². The van der Waals surface area contributed by atoms with Crippen molar-refractivity contribution in [1.82, 2.24) is 5.32 Å². The number of nitrogens with one attached hydrogen (secondary N) is 1. The van der Waals surface area contributed by atoms with Crippen molar-refractivity contribution < 1.29 is 23.9 Å². The fourth-order valence-corrected chi connectivity index (χ4v) is 2.46. The molecule has 6 nitrogen and oxygen atoms in total. The summed E-state index contributed by atoms with van der Waals surface area (Å²) in [5, 5.41) is 2.31. The molecule has 1 aromatic carbocycles. The first kappa shape index (κ1) is 12.3. The lowest BCUT2D eigenvalue weighted by Gasteiger charge is -2.16. The Morgan fingerprint density at radius 1 is 1.10 bits per heavy atom. The molecule has 0 aromatic heterocycles. The predicted octanol–water partition coefficient (Wildman–Crippen LogP) is 0.239. The van der Waals surface area contributed by atoms with E-state index in [1.807, 2.05) is 0 Å². The van der Waals surface area contributed by atoms with E-state index in [0.29, 0.717) is 0 Å². The second-order valence-corrected chi connectivity index (χ2v) is 4.44. The Morgan fingerprint density at radius 3 is 2.30 bits per heavy atom. The summed E-state index contributed by atoms with van der Waals surface area (Å²) < 4.78 is 4.53. The standard InChI is InChI=1S/C14H9NO5/c1-20-14(19)9-8-10(15-13(9)18)12(17)7-5-3-2-4-6(7)11(8)16/h2-5,9H,1H3,(H,15,18). The van der Waals surface area contributed by atoms with Gasteiger partial charge in [-0.25, -0.2) is 0 Å². The van der Waals surface area contributed by atoms with E-state index in [2.05, 4.69) is 10.1 Å². The molecule has 1 unspecified atom stereocenters. The molecule has 20 heavy (non-hydrogen) atoms. The van der Waals surface area contributed by atoms with Crippen LogP contribution < -0.4 is 5.32 Å². The predicted molar refractivity (Wildman–Crippen MR) is 65.8 cm³/mol. The molecule has 100 valence electrons. The van der Waals surface area contributed by atoms with Crippen LogP contribution in [0, 0.1) is 5.92 Å². The SMILES string of the molecule is COC(=O)C1C(=O)NC2=C1C(=O)c1ccccc1C2=O. The second-order valence-electron chi connectivity index (χ2n) is 4.44. The topological polar surface area (TPSA) is 89.5 Å². The van der Waals surface area contributed by atoms with Gasteiger partial charge in [-0.05, 0) is 0 Å². The summed E-state index contributed by atoms with van der Waals surface area (Å²) in [6.07, 6.45) is 0. The van der Waals surface area contributed by atoms with Crippen LogP contribution in [0.15, 0.2) is 35.5 Å². The minimum Gasteiger partial charge on any atom is -0.468 e. The molecule has 1 N–H and O–H groups in total. The second kappa shape index (κ2) is 4.12. The van der Waals surface area contributed by atoms with E-state index in [9.17, 15) is 19.2 Å². The molecule has 1 heterocycles. The van der Waals surface area contributed by atoms with Crippen LogP contribution in [-0.2, 0) is 14.3 Å². The fraction of sp³-hybridized carbons (Fsp3) is 0.143. The molecule has 1 aliphatic heterocycles. The highest BCUT2D eigenvalue weighted by Crippen LogP contribution is 2.33. The normalized spacial score (nSPS) is 20.4. The molecule has 0 fully saturated rings. The number of esters is 1. The molecule has 1 aliphatic carbocycles. The van der Waals surface area contributed by atoms with Gasteiger partial charge < -0.3 is 10.1 Å². The number of amides is 1. The van der Waals surface area contributed by atoms with Gasteiger partial charge in [0.25, 0.3) is 0 Å². The van der Waals surface area contributed by atoms with Crippen molar-refractivity contribution in [2.75, 3.05) is 7.11 Å². The van der Waals surface area contributed by atoms with Gasteiger partial charge in [0.2, 0.25) is 11.7 Å². The van der Waals surface area contributed by atoms with Gasteiger partial charge in [-0.3, -0.25) is 19.2 Å². The van der Waals surface area contributed by atoms with Gasteiger partial charge in [0.05, 0.1) is 18.4 Å². The molecule has 1 aromatic rings. The van der Waals surface area contributed by atoms with Crippen molar-refractivity contribution in [2.45, 2.75) is 0 Å². The minimum atomic E-state index is -1.38. The van der Waals surface area contributed by atoms with Gasteiger partial charge in [-0.1, -0.05) is 24.3 Å². The van der Waals surface area contributed by atoms with E-state index >= 15 is 0 Å². The van der Waals surface area contributed by atoms with Crippen LogP contribution in [0.4, 0.5) is 0 Å².